The molecule has 0 saturated heterocycles. The highest BCUT2D eigenvalue weighted by Crippen LogP contribution is 2.29. The van der Waals surface area contributed by atoms with Crippen LogP contribution in [0.2, 0.25) is 0 Å². The maximum atomic E-state index is 4.39. The summed E-state index contributed by atoms with van der Waals surface area (Å²) in [7, 11) is 1.85. The van der Waals surface area contributed by atoms with Crippen LogP contribution in [0.3, 0.4) is 0 Å². The lowest BCUT2D eigenvalue weighted by Crippen LogP contribution is -2.42. The van der Waals surface area contributed by atoms with Crippen molar-refractivity contribution in [1.29, 1.82) is 0 Å². The van der Waals surface area contributed by atoms with Crippen molar-refractivity contribution in [1.82, 2.24) is 10.6 Å². The third kappa shape index (κ3) is 6.08. The number of hydrogen-bond acceptors (Lipinski definition) is 3. The van der Waals surface area contributed by atoms with E-state index in [4.69, 9.17) is 0 Å². The Morgan fingerprint density at radius 2 is 1.92 bits per heavy atom. The number of aliphatic imine (C=N–C) groups is 1. The van der Waals surface area contributed by atoms with Crippen LogP contribution in [0.4, 0.5) is 5.69 Å². The maximum Gasteiger partial charge on any atom is 0.191 e. The fourth-order valence-electron chi connectivity index (χ4n) is 3.55. The molecule has 2 N–H and O–H groups in total. The van der Waals surface area contributed by atoms with Crippen LogP contribution in [0.1, 0.15) is 31.7 Å². The molecule has 1 aromatic rings. The van der Waals surface area contributed by atoms with Gasteiger partial charge in [0.2, 0.25) is 0 Å². The Bertz CT molecular complexity index is 594. The molecule has 1 aliphatic heterocycles. The van der Waals surface area contributed by atoms with Crippen LogP contribution in [0.5, 0.6) is 0 Å². The van der Waals surface area contributed by atoms with Gasteiger partial charge in [0, 0.05) is 43.7 Å². The van der Waals surface area contributed by atoms with E-state index in [0.29, 0.717) is 6.04 Å². The molecule has 144 valence electrons. The van der Waals surface area contributed by atoms with Gasteiger partial charge in [-0.1, -0.05) is 31.2 Å². The van der Waals surface area contributed by atoms with Crippen molar-refractivity contribution < 1.29 is 0 Å². The first-order valence-corrected chi connectivity index (χ1v) is 10.4. The fraction of sp³-hybridized carbons (Fsp3) is 0.550. The van der Waals surface area contributed by atoms with E-state index in [-0.39, 0.29) is 24.0 Å². The van der Waals surface area contributed by atoms with Gasteiger partial charge in [0.05, 0.1) is 0 Å². The predicted octanol–water partition coefficient (Wildman–Crippen LogP) is 4.02. The average Bonchev–Trinajstić information content (AvgIpc) is 3.31. The van der Waals surface area contributed by atoms with E-state index >= 15 is 0 Å². The average molecular weight is 486 g/mol. The third-order valence-corrected chi connectivity index (χ3v) is 6.16. The number of guanidine groups is 1. The second kappa shape index (κ2) is 11.1. The Balaban J connectivity index is 0.00000243. The van der Waals surface area contributed by atoms with Crippen LogP contribution >= 0.6 is 35.7 Å². The summed E-state index contributed by atoms with van der Waals surface area (Å²) in [4.78, 5) is 6.75. The molecule has 0 radical (unpaired) electrons. The van der Waals surface area contributed by atoms with E-state index < -0.39 is 0 Å². The molecule has 0 spiro atoms. The Morgan fingerprint density at radius 1 is 1.19 bits per heavy atom. The van der Waals surface area contributed by atoms with E-state index in [1.165, 1.54) is 36.3 Å². The molecule has 1 heterocycles. The number of anilines is 1. The summed E-state index contributed by atoms with van der Waals surface area (Å²) in [5, 5.41) is 7.86. The summed E-state index contributed by atoms with van der Waals surface area (Å²) >= 11 is 2.09. The highest BCUT2D eigenvalue weighted by molar-refractivity contribution is 14.0. The lowest BCUT2D eigenvalue weighted by Gasteiger charge is -2.19. The van der Waals surface area contributed by atoms with Crippen molar-refractivity contribution in [2.75, 3.05) is 30.8 Å². The van der Waals surface area contributed by atoms with E-state index in [1.54, 1.807) is 0 Å². The smallest absolute Gasteiger partial charge is 0.191 e. The second-order valence-electron chi connectivity index (χ2n) is 6.70. The van der Waals surface area contributed by atoms with Crippen molar-refractivity contribution in [3.05, 3.63) is 42.0 Å². The van der Waals surface area contributed by atoms with E-state index in [1.807, 2.05) is 7.05 Å². The minimum absolute atomic E-state index is 0. The Kier molecular flexibility index (Phi) is 9.11. The monoisotopic (exact) mass is 486 g/mol. The van der Waals surface area contributed by atoms with E-state index in [2.05, 4.69) is 75.6 Å². The molecule has 1 fully saturated rings. The quantitative estimate of drug-likeness (QED) is 0.276. The van der Waals surface area contributed by atoms with E-state index in [0.717, 1.165) is 30.8 Å². The van der Waals surface area contributed by atoms with Crippen molar-refractivity contribution in [3.8, 4) is 0 Å². The highest BCUT2D eigenvalue weighted by atomic mass is 127. The first kappa shape index (κ1) is 21.4. The van der Waals surface area contributed by atoms with Crippen molar-refractivity contribution in [2.24, 2.45) is 4.99 Å². The first-order chi connectivity index (χ1) is 12.3. The number of halogens is 1. The summed E-state index contributed by atoms with van der Waals surface area (Å²) in [5.41, 5.74) is 2.58. The Labute approximate surface area is 179 Å². The van der Waals surface area contributed by atoms with Gasteiger partial charge in [-0.05, 0) is 42.7 Å². The molecule has 2 unspecified atom stereocenters. The lowest BCUT2D eigenvalue weighted by molar-refractivity contribution is 0.614. The molecule has 1 saturated carbocycles. The van der Waals surface area contributed by atoms with Gasteiger partial charge in [-0.15, -0.1) is 24.0 Å². The number of rotatable bonds is 6. The molecular weight excluding hydrogens is 455 g/mol. The third-order valence-electron chi connectivity index (χ3n) is 4.93. The van der Waals surface area contributed by atoms with E-state index in [9.17, 15) is 0 Å². The Morgan fingerprint density at radius 3 is 2.58 bits per heavy atom. The fourth-order valence-corrected chi connectivity index (χ4v) is 4.69. The zero-order valence-electron chi connectivity index (χ0n) is 15.8. The SMILES string of the molecule is CCSC1CCC(NC(=NC)NCc2ccc(N3CC=CC3)cc2)C1.I. The molecule has 1 aromatic carbocycles. The molecule has 0 bridgehead atoms. The second-order valence-corrected chi connectivity index (χ2v) is 8.28. The summed E-state index contributed by atoms with van der Waals surface area (Å²) in [6.07, 6.45) is 8.25. The standard InChI is InChI=1S/C20H30N4S.HI/c1-3-25-19-11-8-17(14-19)23-20(21-2)22-15-16-6-9-18(10-7-16)24-12-4-5-13-24;/h4-7,9-10,17,19H,3,8,11-15H2,1-2H3,(H2,21,22,23);1H. The maximum absolute atomic E-state index is 4.39. The number of thioether (sulfide) groups is 1. The van der Waals surface area contributed by atoms with Gasteiger partial charge >= 0.3 is 0 Å². The van der Waals surface area contributed by atoms with Crippen LogP contribution in [0.15, 0.2) is 41.4 Å². The molecule has 2 atom stereocenters. The molecule has 3 rings (SSSR count). The van der Waals surface area contributed by atoms with Crippen LogP contribution in [-0.2, 0) is 6.54 Å². The zero-order chi connectivity index (χ0) is 17.5. The number of nitrogens with one attached hydrogen (secondary N) is 2. The van der Waals surface area contributed by atoms with Crippen LogP contribution in [0.25, 0.3) is 0 Å². The minimum Gasteiger partial charge on any atom is -0.364 e. The topological polar surface area (TPSA) is 39.7 Å². The van der Waals surface area contributed by atoms with Gasteiger partial charge < -0.3 is 15.5 Å². The number of nitrogens with zero attached hydrogens (tertiary/aromatic N) is 2. The summed E-state index contributed by atoms with van der Waals surface area (Å²) in [6.45, 7) is 5.09. The van der Waals surface area contributed by atoms with Gasteiger partial charge in [-0.3, -0.25) is 4.99 Å². The van der Waals surface area contributed by atoms with Crippen LogP contribution < -0.4 is 15.5 Å². The number of hydrogen-bond donors (Lipinski definition) is 2. The molecular formula is C20H31IN4S. The molecule has 0 aromatic heterocycles. The van der Waals surface area contributed by atoms with Crippen molar-refractivity contribution in [2.45, 2.75) is 44.0 Å². The van der Waals surface area contributed by atoms with Crippen molar-refractivity contribution in [3.63, 3.8) is 0 Å². The molecule has 2 aliphatic rings. The summed E-state index contributed by atoms with van der Waals surface area (Å²) in [6, 6.07) is 9.39. The predicted molar refractivity (Wildman–Crippen MR) is 126 cm³/mol. The van der Waals surface area contributed by atoms with Crippen LogP contribution in [0, 0.1) is 0 Å². The molecule has 6 heteroatoms. The highest BCUT2D eigenvalue weighted by Gasteiger charge is 2.25. The van der Waals surface area contributed by atoms with Gasteiger partial charge in [0.25, 0.3) is 0 Å². The zero-order valence-corrected chi connectivity index (χ0v) is 18.9. The normalized spacial score (nSPS) is 22.4. The van der Waals surface area contributed by atoms with Crippen molar-refractivity contribution >= 4 is 47.4 Å². The molecule has 0 amide bonds. The van der Waals surface area contributed by atoms with Gasteiger partial charge in [0.1, 0.15) is 0 Å². The van der Waals surface area contributed by atoms with Crippen LogP contribution in [-0.4, -0.2) is 43.1 Å². The van der Waals surface area contributed by atoms with Gasteiger partial charge in [0.15, 0.2) is 5.96 Å². The van der Waals surface area contributed by atoms with Gasteiger partial charge in [-0.2, -0.15) is 11.8 Å². The minimum atomic E-state index is 0. The number of benzene rings is 1. The lowest BCUT2D eigenvalue weighted by atomic mass is 10.2. The molecule has 26 heavy (non-hydrogen) atoms. The largest absolute Gasteiger partial charge is 0.364 e. The first-order valence-electron chi connectivity index (χ1n) is 9.36. The van der Waals surface area contributed by atoms with Gasteiger partial charge in [-0.25, -0.2) is 0 Å². The Hall–Kier alpha value is -0.890. The molecule has 4 nitrogen and oxygen atoms in total. The summed E-state index contributed by atoms with van der Waals surface area (Å²) < 4.78 is 0. The summed E-state index contributed by atoms with van der Waals surface area (Å²) in [5.74, 6) is 2.13. The molecule has 1 aliphatic carbocycles.